The lowest BCUT2D eigenvalue weighted by atomic mass is 10.1. The molecule has 1 aliphatic rings. The highest BCUT2D eigenvalue weighted by molar-refractivity contribution is 7.93. The second-order valence-corrected chi connectivity index (χ2v) is 7.72. The molecule has 0 aromatic carbocycles. The quantitative estimate of drug-likeness (QED) is 0.639. The van der Waals surface area contributed by atoms with Crippen LogP contribution in [-0.2, 0) is 27.6 Å². The maximum atomic E-state index is 12.1. The van der Waals surface area contributed by atoms with E-state index in [1.807, 2.05) is 0 Å². The van der Waals surface area contributed by atoms with Gasteiger partial charge in [-0.05, 0) is 31.7 Å². The van der Waals surface area contributed by atoms with Gasteiger partial charge in [0.25, 0.3) is 0 Å². The maximum absolute atomic E-state index is 12.1. The molecule has 0 unspecified atom stereocenters. The first kappa shape index (κ1) is 15.6. The van der Waals surface area contributed by atoms with Crippen molar-refractivity contribution in [3.63, 3.8) is 0 Å². The van der Waals surface area contributed by atoms with Crippen LogP contribution in [0, 0.1) is 0 Å². The molecular weight excluding hydrogens is 322 g/mol. The Labute approximate surface area is 127 Å². The van der Waals surface area contributed by atoms with Crippen molar-refractivity contribution >= 4 is 43.9 Å². The van der Waals surface area contributed by atoms with Gasteiger partial charge in [0.1, 0.15) is 5.00 Å². The maximum Gasteiger partial charge on any atom is 0.341 e. The van der Waals surface area contributed by atoms with Gasteiger partial charge in [-0.15, -0.1) is 22.9 Å². The molecular formula is C12H16ClNO4S2. The smallest absolute Gasteiger partial charge is 0.341 e. The van der Waals surface area contributed by atoms with Crippen LogP contribution in [0.3, 0.4) is 0 Å². The predicted octanol–water partition coefficient (Wildman–Crippen LogP) is 2.39. The van der Waals surface area contributed by atoms with Gasteiger partial charge in [-0.3, -0.25) is 4.72 Å². The highest BCUT2D eigenvalue weighted by Gasteiger charge is 2.29. The van der Waals surface area contributed by atoms with Crippen LogP contribution < -0.4 is 4.72 Å². The molecule has 2 rings (SSSR count). The molecule has 112 valence electrons. The Morgan fingerprint density at radius 2 is 2.20 bits per heavy atom. The zero-order valence-electron chi connectivity index (χ0n) is 11.1. The number of anilines is 1. The summed E-state index contributed by atoms with van der Waals surface area (Å²) >= 11 is 6.79. The molecule has 0 saturated heterocycles. The van der Waals surface area contributed by atoms with E-state index in [2.05, 4.69) is 4.72 Å². The van der Waals surface area contributed by atoms with E-state index < -0.39 is 16.0 Å². The summed E-state index contributed by atoms with van der Waals surface area (Å²) in [4.78, 5) is 13.1. The Morgan fingerprint density at radius 3 is 2.85 bits per heavy atom. The number of fused-ring (bicyclic) bond motifs is 1. The number of carbonyl (C=O) groups is 1. The molecule has 0 spiro atoms. The molecule has 0 atom stereocenters. The second-order valence-electron chi connectivity index (χ2n) is 4.39. The van der Waals surface area contributed by atoms with E-state index in [1.165, 1.54) is 11.3 Å². The largest absolute Gasteiger partial charge is 0.462 e. The lowest BCUT2D eigenvalue weighted by Gasteiger charge is -2.08. The summed E-state index contributed by atoms with van der Waals surface area (Å²) in [6.07, 6.45) is 2.66. The predicted molar refractivity (Wildman–Crippen MR) is 80.4 cm³/mol. The van der Waals surface area contributed by atoms with Gasteiger partial charge in [-0.1, -0.05) is 0 Å². The van der Waals surface area contributed by atoms with Crippen LogP contribution in [0.15, 0.2) is 0 Å². The van der Waals surface area contributed by atoms with Crippen LogP contribution in [-0.4, -0.2) is 32.6 Å². The van der Waals surface area contributed by atoms with Crippen LogP contribution >= 0.6 is 22.9 Å². The number of alkyl halides is 1. The zero-order valence-corrected chi connectivity index (χ0v) is 13.5. The minimum Gasteiger partial charge on any atom is -0.462 e. The number of hydrogen-bond acceptors (Lipinski definition) is 5. The molecule has 1 aromatic rings. The number of carbonyl (C=O) groups excluding carboxylic acids is 1. The molecule has 1 aliphatic carbocycles. The molecule has 8 heteroatoms. The number of ether oxygens (including phenoxy) is 1. The van der Waals surface area contributed by atoms with Gasteiger partial charge < -0.3 is 4.74 Å². The Bertz CT molecular complexity index is 609. The third kappa shape index (κ3) is 3.27. The summed E-state index contributed by atoms with van der Waals surface area (Å²) in [5, 5.41) is 0.360. The van der Waals surface area contributed by atoms with Gasteiger partial charge in [-0.2, -0.15) is 0 Å². The number of halogens is 1. The fraction of sp³-hybridized carbons (Fsp3) is 0.583. The number of rotatable bonds is 6. The molecule has 0 radical (unpaired) electrons. The van der Waals surface area contributed by atoms with Gasteiger partial charge in [0.15, 0.2) is 0 Å². The monoisotopic (exact) mass is 337 g/mol. The average molecular weight is 338 g/mol. The topological polar surface area (TPSA) is 72.5 Å². The standard InChI is InChI=1S/C12H16ClNO4S2/c1-2-18-12(15)10-8-4-3-5-9(8)19-11(10)14-20(16,17)7-6-13/h14H,2-7H2,1H3. The number of thiophene rings is 1. The minimum atomic E-state index is -3.52. The Kier molecular flexibility index (Phi) is 4.93. The van der Waals surface area contributed by atoms with Crippen molar-refractivity contribution in [2.75, 3.05) is 23.0 Å². The van der Waals surface area contributed by atoms with Crippen molar-refractivity contribution in [2.24, 2.45) is 0 Å². The summed E-state index contributed by atoms with van der Waals surface area (Å²) in [6, 6.07) is 0. The Hall–Kier alpha value is -0.790. The first-order valence-electron chi connectivity index (χ1n) is 6.36. The number of esters is 1. The van der Waals surface area contributed by atoms with Gasteiger partial charge in [-0.25, -0.2) is 13.2 Å². The molecule has 20 heavy (non-hydrogen) atoms. The highest BCUT2D eigenvalue weighted by atomic mass is 35.5. The highest BCUT2D eigenvalue weighted by Crippen LogP contribution is 2.39. The number of hydrogen-bond donors (Lipinski definition) is 1. The van der Waals surface area contributed by atoms with Gasteiger partial charge in [0.05, 0.1) is 17.9 Å². The Morgan fingerprint density at radius 1 is 1.45 bits per heavy atom. The first-order valence-corrected chi connectivity index (χ1v) is 9.37. The van der Waals surface area contributed by atoms with Crippen molar-refractivity contribution in [1.82, 2.24) is 0 Å². The summed E-state index contributed by atoms with van der Waals surface area (Å²) in [5.74, 6) is -0.635. The van der Waals surface area contributed by atoms with Gasteiger partial charge in [0.2, 0.25) is 10.0 Å². The molecule has 0 fully saturated rings. The summed E-state index contributed by atoms with van der Waals surface area (Å²) in [7, 11) is -3.52. The molecule has 1 N–H and O–H groups in total. The van der Waals surface area contributed by atoms with E-state index in [-0.39, 0.29) is 18.2 Å². The van der Waals surface area contributed by atoms with Crippen molar-refractivity contribution in [3.8, 4) is 0 Å². The van der Waals surface area contributed by atoms with E-state index in [1.54, 1.807) is 6.92 Å². The summed E-state index contributed by atoms with van der Waals surface area (Å²) in [5.41, 5.74) is 1.31. The molecule has 0 aliphatic heterocycles. The second kappa shape index (κ2) is 6.32. The lowest BCUT2D eigenvalue weighted by molar-refractivity contribution is 0.0527. The molecule has 5 nitrogen and oxygen atoms in total. The fourth-order valence-corrected chi connectivity index (χ4v) is 5.16. The van der Waals surface area contributed by atoms with E-state index in [0.29, 0.717) is 10.6 Å². The zero-order chi connectivity index (χ0) is 14.8. The van der Waals surface area contributed by atoms with Crippen LogP contribution in [0.5, 0.6) is 0 Å². The molecule has 0 saturated carbocycles. The molecule has 0 amide bonds. The number of aryl methyl sites for hydroxylation is 1. The van der Waals surface area contributed by atoms with Crippen molar-refractivity contribution in [2.45, 2.75) is 26.2 Å². The lowest BCUT2D eigenvalue weighted by Crippen LogP contribution is -2.19. The van der Waals surface area contributed by atoms with Crippen LogP contribution in [0.25, 0.3) is 0 Å². The van der Waals surface area contributed by atoms with Gasteiger partial charge in [0, 0.05) is 10.8 Å². The fourth-order valence-electron chi connectivity index (χ4n) is 2.19. The van der Waals surface area contributed by atoms with E-state index in [4.69, 9.17) is 16.3 Å². The average Bonchev–Trinajstić information content (AvgIpc) is 2.88. The van der Waals surface area contributed by atoms with Crippen molar-refractivity contribution in [3.05, 3.63) is 16.0 Å². The van der Waals surface area contributed by atoms with E-state index in [0.717, 1.165) is 29.7 Å². The van der Waals surface area contributed by atoms with E-state index >= 15 is 0 Å². The molecule has 0 bridgehead atoms. The van der Waals surface area contributed by atoms with Crippen LogP contribution in [0.2, 0.25) is 0 Å². The normalized spacial score (nSPS) is 14.1. The third-order valence-electron chi connectivity index (χ3n) is 2.99. The van der Waals surface area contributed by atoms with Crippen LogP contribution in [0.4, 0.5) is 5.00 Å². The van der Waals surface area contributed by atoms with Crippen LogP contribution in [0.1, 0.15) is 34.1 Å². The minimum absolute atomic E-state index is 0.00909. The first-order chi connectivity index (χ1) is 9.48. The van der Waals surface area contributed by atoms with Crippen molar-refractivity contribution in [1.29, 1.82) is 0 Å². The van der Waals surface area contributed by atoms with E-state index in [9.17, 15) is 13.2 Å². The molecule has 1 aromatic heterocycles. The number of sulfonamides is 1. The SMILES string of the molecule is CCOC(=O)c1c(NS(=O)(=O)CCCl)sc2c1CCC2. The van der Waals surface area contributed by atoms with Gasteiger partial charge >= 0.3 is 5.97 Å². The Balaban J connectivity index is 2.36. The summed E-state index contributed by atoms with van der Waals surface area (Å²) < 4.78 is 31.1. The third-order valence-corrected chi connectivity index (χ3v) is 6.00. The van der Waals surface area contributed by atoms with Crippen molar-refractivity contribution < 1.29 is 17.9 Å². The summed E-state index contributed by atoms with van der Waals surface area (Å²) in [6.45, 7) is 1.99. The number of nitrogens with one attached hydrogen (secondary N) is 1. The molecule has 1 heterocycles.